The minimum absolute atomic E-state index is 0.180. The van der Waals surface area contributed by atoms with Crippen LogP contribution in [0.5, 0.6) is 0 Å². The van der Waals surface area contributed by atoms with Crippen molar-refractivity contribution in [1.82, 2.24) is 0 Å². The van der Waals surface area contributed by atoms with Gasteiger partial charge in [-0.15, -0.1) is 0 Å². The van der Waals surface area contributed by atoms with Gasteiger partial charge in [-0.25, -0.2) is 4.79 Å². The fourth-order valence-corrected chi connectivity index (χ4v) is 5.57. The molecule has 56 heavy (non-hydrogen) atoms. The summed E-state index contributed by atoms with van der Waals surface area (Å²) in [6.07, 6.45) is 42.7. The van der Waals surface area contributed by atoms with E-state index in [1.165, 1.54) is 32.1 Å². The van der Waals surface area contributed by atoms with E-state index in [1.54, 1.807) is 0 Å². The van der Waals surface area contributed by atoms with Gasteiger partial charge in [0.05, 0.1) is 34.4 Å². The van der Waals surface area contributed by atoms with E-state index in [0.717, 1.165) is 96.3 Å². The van der Waals surface area contributed by atoms with Crippen LogP contribution < -0.4 is 0 Å². The van der Waals surface area contributed by atoms with Crippen LogP contribution in [0, 0.1) is 0 Å². The minimum Gasteiger partial charge on any atom is -0.477 e. The lowest BCUT2D eigenvalue weighted by atomic mass is 10.1. The Hall–Kier alpha value is -3.01. The highest BCUT2D eigenvalue weighted by Crippen LogP contribution is 2.13. The van der Waals surface area contributed by atoms with Crippen LogP contribution in [0.1, 0.15) is 162 Å². The Kier molecular flexibility index (Phi) is 36.8. The molecule has 0 saturated heterocycles. The van der Waals surface area contributed by atoms with Crippen LogP contribution >= 0.6 is 0 Å². The molecule has 0 rings (SSSR count). The first-order valence-corrected chi connectivity index (χ1v) is 22.0. The van der Waals surface area contributed by atoms with Gasteiger partial charge in [0.2, 0.25) is 0 Å². The largest absolute Gasteiger partial charge is 0.477 e. The Morgan fingerprint density at radius 1 is 0.554 bits per heavy atom. The summed E-state index contributed by atoms with van der Waals surface area (Å²) in [4.78, 5) is 37.1. The molecule has 0 aliphatic carbocycles. The van der Waals surface area contributed by atoms with Crippen LogP contribution in [0.3, 0.4) is 0 Å². The fraction of sp³-hybridized carbons (Fsp3) is 0.723. The summed E-state index contributed by atoms with van der Waals surface area (Å²) < 4.78 is 22.7. The zero-order valence-electron chi connectivity index (χ0n) is 36.3. The molecule has 2 atom stereocenters. The van der Waals surface area contributed by atoms with E-state index in [0.29, 0.717) is 17.4 Å². The third-order valence-electron chi connectivity index (χ3n) is 9.01. The Balaban J connectivity index is 4.50. The lowest BCUT2D eigenvalue weighted by molar-refractivity contribution is -0.870. The average molecular weight is 789 g/mol. The average Bonchev–Trinajstić information content (AvgIpc) is 3.15. The predicted octanol–water partition coefficient (Wildman–Crippen LogP) is 11.4. The molecule has 0 bridgehead atoms. The number of hydrogen-bond acceptors (Lipinski definition) is 7. The second-order valence-electron chi connectivity index (χ2n) is 15.6. The number of carboxylic acids is 1. The number of carbonyl (C=O) groups excluding carboxylic acids is 2. The molecule has 9 nitrogen and oxygen atoms in total. The van der Waals surface area contributed by atoms with E-state index < -0.39 is 24.3 Å². The van der Waals surface area contributed by atoms with E-state index in [4.69, 9.17) is 18.9 Å². The summed E-state index contributed by atoms with van der Waals surface area (Å²) in [5, 5.41) is 9.63. The Morgan fingerprint density at radius 2 is 1.02 bits per heavy atom. The summed E-state index contributed by atoms with van der Waals surface area (Å²) in [6.45, 7) is 4.67. The van der Waals surface area contributed by atoms with Gasteiger partial charge in [-0.3, -0.25) is 9.59 Å². The van der Waals surface area contributed by atoms with E-state index >= 15 is 0 Å². The van der Waals surface area contributed by atoms with Crippen molar-refractivity contribution in [2.75, 3.05) is 47.5 Å². The van der Waals surface area contributed by atoms with Crippen molar-refractivity contribution in [2.45, 2.75) is 174 Å². The van der Waals surface area contributed by atoms with Crippen LogP contribution in [0.2, 0.25) is 0 Å². The van der Waals surface area contributed by atoms with Crippen molar-refractivity contribution < 1.29 is 42.9 Å². The number of allylic oxidation sites excluding steroid dienone is 10. The number of quaternary nitrogens is 1. The first-order chi connectivity index (χ1) is 27.1. The summed E-state index contributed by atoms with van der Waals surface area (Å²) in [5.74, 6) is -2.05. The minimum atomic E-state index is -1.52. The van der Waals surface area contributed by atoms with Gasteiger partial charge in [0.1, 0.15) is 13.2 Å². The molecule has 0 saturated carbocycles. The van der Waals surface area contributed by atoms with E-state index in [9.17, 15) is 19.5 Å². The Labute approximate surface area is 342 Å². The van der Waals surface area contributed by atoms with E-state index in [2.05, 4.69) is 74.6 Å². The topological polar surface area (TPSA) is 108 Å². The third kappa shape index (κ3) is 39.2. The first kappa shape index (κ1) is 53.0. The summed E-state index contributed by atoms with van der Waals surface area (Å²) in [5.41, 5.74) is 0. The molecule has 0 spiro atoms. The number of carbonyl (C=O) groups is 3. The number of carboxylic acid groups (broad SMARTS) is 1. The standard InChI is InChI=1S/C47H81NO8/c1-6-8-10-12-14-16-18-20-22-23-24-26-28-30-32-34-36-38-45(50)56-43(42-55-47(46(51)52)53-40-39-48(3,4)5)41-54-44(49)37-35-33-31-29-27-25-21-19-17-15-13-11-9-7-2/h8,10,13-16,19-22,43,47H,6-7,9,11-12,17-18,23-42H2,1-5H3/p+1/b10-8-,15-13-,16-14-,21-19-,22-20-. The van der Waals surface area contributed by atoms with Crippen LogP contribution in [-0.4, -0.2) is 87.4 Å². The lowest BCUT2D eigenvalue weighted by Crippen LogP contribution is -2.40. The molecule has 0 aromatic heterocycles. The highest BCUT2D eigenvalue weighted by atomic mass is 16.7. The molecule has 0 aliphatic heterocycles. The van der Waals surface area contributed by atoms with Crippen molar-refractivity contribution in [1.29, 1.82) is 0 Å². The van der Waals surface area contributed by atoms with Gasteiger partial charge in [0.15, 0.2) is 6.10 Å². The number of aliphatic carboxylic acids is 1. The quantitative estimate of drug-likeness (QED) is 0.0216. The van der Waals surface area contributed by atoms with Gasteiger partial charge < -0.3 is 28.5 Å². The molecule has 0 aliphatic rings. The second kappa shape index (κ2) is 38.8. The maximum absolute atomic E-state index is 12.8. The number of esters is 2. The maximum Gasteiger partial charge on any atom is 0.361 e. The predicted molar refractivity (Wildman–Crippen MR) is 230 cm³/mol. The Morgan fingerprint density at radius 3 is 1.52 bits per heavy atom. The number of unbranched alkanes of at least 4 members (excludes halogenated alkanes) is 14. The zero-order valence-corrected chi connectivity index (χ0v) is 36.3. The van der Waals surface area contributed by atoms with Gasteiger partial charge >= 0.3 is 17.9 Å². The van der Waals surface area contributed by atoms with Crippen molar-refractivity contribution in [2.24, 2.45) is 0 Å². The Bertz CT molecular complexity index is 1100. The number of ether oxygens (including phenoxy) is 4. The molecule has 0 heterocycles. The number of rotatable bonds is 39. The molecule has 0 radical (unpaired) electrons. The van der Waals surface area contributed by atoms with Crippen molar-refractivity contribution >= 4 is 17.9 Å². The van der Waals surface area contributed by atoms with Gasteiger partial charge in [-0.1, -0.05) is 139 Å². The third-order valence-corrected chi connectivity index (χ3v) is 9.01. The highest BCUT2D eigenvalue weighted by molar-refractivity contribution is 5.71. The summed E-state index contributed by atoms with van der Waals surface area (Å²) in [7, 11) is 5.94. The SMILES string of the molecule is CC/C=C\C/C=C\C/C=C\CCCCCCCCCC(=O)OC(COC(=O)CCCCCCC/C=C\C/C=C\CCCC)COC(OCC[N+](C)(C)C)C(=O)O. The molecule has 0 aromatic carbocycles. The highest BCUT2D eigenvalue weighted by Gasteiger charge is 2.25. The van der Waals surface area contributed by atoms with E-state index in [1.807, 2.05) is 21.1 Å². The molecule has 2 unspecified atom stereocenters. The van der Waals surface area contributed by atoms with Gasteiger partial charge in [-0.2, -0.15) is 0 Å². The molecule has 9 heteroatoms. The van der Waals surface area contributed by atoms with E-state index in [-0.39, 0.29) is 38.6 Å². The molecule has 322 valence electrons. The normalized spacial score (nSPS) is 13.5. The van der Waals surface area contributed by atoms with Crippen molar-refractivity contribution in [3.63, 3.8) is 0 Å². The van der Waals surface area contributed by atoms with Crippen molar-refractivity contribution in [3.8, 4) is 0 Å². The van der Waals surface area contributed by atoms with Crippen molar-refractivity contribution in [3.05, 3.63) is 60.8 Å². The summed E-state index contributed by atoms with van der Waals surface area (Å²) >= 11 is 0. The molecule has 0 aromatic rings. The molecular formula is C47H82NO8+. The molecule has 0 amide bonds. The van der Waals surface area contributed by atoms with Crippen LogP contribution in [0.4, 0.5) is 0 Å². The van der Waals surface area contributed by atoms with Crippen LogP contribution in [0.15, 0.2) is 60.8 Å². The number of nitrogens with zero attached hydrogens (tertiary/aromatic N) is 1. The van der Waals surface area contributed by atoms with Gasteiger partial charge in [0.25, 0.3) is 6.29 Å². The lowest BCUT2D eigenvalue weighted by Gasteiger charge is -2.25. The van der Waals surface area contributed by atoms with Gasteiger partial charge in [-0.05, 0) is 70.6 Å². The number of hydrogen-bond donors (Lipinski definition) is 1. The zero-order chi connectivity index (χ0) is 41.4. The number of likely N-dealkylation sites (N-methyl/N-ethyl adjacent to an activating group) is 1. The first-order valence-electron chi connectivity index (χ1n) is 22.0. The van der Waals surface area contributed by atoms with Gasteiger partial charge in [0, 0.05) is 12.8 Å². The van der Waals surface area contributed by atoms with Crippen LogP contribution in [-0.2, 0) is 33.3 Å². The second-order valence-corrected chi connectivity index (χ2v) is 15.6. The smallest absolute Gasteiger partial charge is 0.361 e. The molecule has 1 N–H and O–H groups in total. The summed E-state index contributed by atoms with van der Waals surface area (Å²) in [6, 6.07) is 0. The molecular weight excluding hydrogens is 707 g/mol. The fourth-order valence-electron chi connectivity index (χ4n) is 5.57. The monoisotopic (exact) mass is 789 g/mol. The molecule has 0 fully saturated rings. The van der Waals surface area contributed by atoms with Crippen LogP contribution in [0.25, 0.3) is 0 Å². The maximum atomic E-state index is 12.8.